The summed E-state index contributed by atoms with van der Waals surface area (Å²) in [5, 5.41) is 2.78. The first kappa shape index (κ1) is 17.1. The van der Waals surface area contributed by atoms with E-state index < -0.39 is 6.04 Å². The van der Waals surface area contributed by atoms with E-state index in [1.165, 1.54) is 18.3 Å². The number of nitrogens with one attached hydrogen (secondary N) is 1. The van der Waals surface area contributed by atoms with Gasteiger partial charge in [0, 0.05) is 26.3 Å². The van der Waals surface area contributed by atoms with Gasteiger partial charge in [0.1, 0.15) is 17.4 Å². The van der Waals surface area contributed by atoms with Crippen molar-refractivity contribution in [2.75, 3.05) is 6.54 Å². The molecule has 7 nitrogen and oxygen atoms in total. The Bertz CT molecular complexity index is 1010. The van der Waals surface area contributed by atoms with Gasteiger partial charge in [-0.2, -0.15) is 0 Å². The summed E-state index contributed by atoms with van der Waals surface area (Å²) in [6, 6.07) is 7.14. The number of imidazole rings is 1. The summed E-state index contributed by atoms with van der Waals surface area (Å²) in [4.78, 5) is 35.2. The number of pyridine rings is 1. The molecule has 0 unspecified atom stereocenters. The van der Waals surface area contributed by atoms with Gasteiger partial charge in [-0.25, -0.2) is 14.4 Å². The number of fused-ring (bicyclic) bond motifs is 1. The predicted molar refractivity (Wildman–Crippen MR) is 96.2 cm³/mol. The minimum absolute atomic E-state index is 0.139. The molecule has 0 spiro atoms. The lowest BCUT2D eigenvalue weighted by Gasteiger charge is -2.17. The van der Waals surface area contributed by atoms with Crippen molar-refractivity contribution in [2.45, 2.75) is 19.0 Å². The van der Waals surface area contributed by atoms with Crippen LogP contribution in [0.4, 0.5) is 4.39 Å². The van der Waals surface area contributed by atoms with Gasteiger partial charge in [-0.3, -0.25) is 9.59 Å². The van der Waals surface area contributed by atoms with Gasteiger partial charge in [-0.05, 0) is 30.2 Å². The van der Waals surface area contributed by atoms with Crippen LogP contribution >= 0.6 is 0 Å². The lowest BCUT2D eigenvalue weighted by Crippen LogP contribution is -2.41. The summed E-state index contributed by atoms with van der Waals surface area (Å²) < 4.78 is 14.8. The van der Waals surface area contributed by atoms with E-state index in [0.29, 0.717) is 36.2 Å². The van der Waals surface area contributed by atoms with Crippen molar-refractivity contribution in [1.82, 2.24) is 24.8 Å². The average molecular weight is 367 g/mol. The number of carbonyl (C=O) groups is 2. The molecule has 1 fully saturated rings. The third kappa shape index (κ3) is 3.38. The first-order chi connectivity index (χ1) is 13.0. The number of halogens is 1. The monoisotopic (exact) mass is 367 g/mol. The molecule has 1 aliphatic heterocycles. The van der Waals surface area contributed by atoms with Crippen LogP contribution in [0.3, 0.4) is 0 Å². The van der Waals surface area contributed by atoms with Crippen LogP contribution in [0.25, 0.3) is 11.2 Å². The lowest BCUT2D eigenvalue weighted by atomic mass is 10.2. The SMILES string of the molecule is Cn1cnc2cc(C(=O)N[C@H]3CCN(Cc4ccc(F)cc4)C3=O)cnc21. The molecular weight excluding hydrogens is 349 g/mol. The highest BCUT2D eigenvalue weighted by Crippen LogP contribution is 2.17. The molecule has 2 amide bonds. The largest absolute Gasteiger partial charge is 0.340 e. The number of likely N-dealkylation sites (tertiary alicyclic amines) is 1. The molecule has 2 aromatic heterocycles. The number of hydrogen-bond acceptors (Lipinski definition) is 4. The van der Waals surface area contributed by atoms with Gasteiger partial charge in [0.15, 0.2) is 5.65 Å². The molecule has 1 saturated heterocycles. The van der Waals surface area contributed by atoms with Gasteiger partial charge in [0.2, 0.25) is 5.91 Å². The van der Waals surface area contributed by atoms with Gasteiger partial charge >= 0.3 is 0 Å². The molecule has 1 N–H and O–H groups in total. The van der Waals surface area contributed by atoms with Crippen LogP contribution in [0.2, 0.25) is 0 Å². The Kier molecular flexibility index (Phi) is 4.31. The van der Waals surface area contributed by atoms with Gasteiger partial charge in [0.25, 0.3) is 5.91 Å². The number of hydrogen-bond donors (Lipinski definition) is 1. The number of aryl methyl sites for hydroxylation is 1. The third-order valence-corrected chi connectivity index (χ3v) is 4.70. The average Bonchev–Trinajstić information content (AvgIpc) is 3.20. The zero-order valence-corrected chi connectivity index (χ0v) is 14.7. The Labute approximate surface area is 154 Å². The molecule has 138 valence electrons. The van der Waals surface area contributed by atoms with E-state index in [1.54, 1.807) is 34.0 Å². The topological polar surface area (TPSA) is 80.1 Å². The summed E-state index contributed by atoms with van der Waals surface area (Å²) in [5.74, 6) is -0.799. The lowest BCUT2D eigenvalue weighted by molar-refractivity contribution is -0.129. The molecule has 0 bridgehead atoms. The highest BCUT2D eigenvalue weighted by Gasteiger charge is 2.32. The molecule has 8 heteroatoms. The normalized spacial score (nSPS) is 16.9. The number of amides is 2. The van der Waals surface area contributed by atoms with Crippen LogP contribution in [0.5, 0.6) is 0 Å². The van der Waals surface area contributed by atoms with Crippen LogP contribution in [-0.4, -0.2) is 43.8 Å². The standard InChI is InChI=1S/C19H18FN5O2/c1-24-11-22-16-8-13(9-21-17(16)24)18(26)23-15-6-7-25(19(15)27)10-12-2-4-14(20)5-3-12/h2-5,8-9,11,15H,6-7,10H2,1H3,(H,23,26)/t15-/m0/s1. The Morgan fingerprint density at radius 3 is 2.85 bits per heavy atom. The third-order valence-electron chi connectivity index (χ3n) is 4.70. The highest BCUT2D eigenvalue weighted by molar-refractivity contribution is 5.99. The molecule has 4 rings (SSSR count). The zero-order valence-electron chi connectivity index (χ0n) is 14.7. The van der Waals surface area contributed by atoms with Crippen molar-refractivity contribution in [3.8, 4) is 0 Å². The minimum Gasteiger partial charge on any atom is -0.340 e. The van der Waals surface area contributed by atoms with Crippen LogP contribution in [0, 0.1) is 5.82 Å². The number of aromatic nitrogens is 3. The van der Waals surface area contributed by atoms with E-state index in [0.717, 1.165) is 5.56 Å². The van der Waals surface area contributed by atoms with Crippen molar-refractivity contribution in [3.05, 3.63) is 59.8 Å². The molecule has 1 aliphatic rings. The number of nitrogens with zero attached hydrogens (tertiary/aromatic N) is 4. The minimum atomic E-state index is -0.572. The van der Waals surface area contributed by atoms with Crippen LogP contribution in [0.1, 0.15) is 22.3 Å². The maximum atomic E-state index is 13.0. The van der Waals surface area contributed by atoms with Crippen molar-refractivity contribution >= 4 is 23.0 Å². The molecule has 3 aromatic rings. The summed E-state index contributed by atoms with van der Waals surface area (Å²) in [7, 11) is 1.83. The van der Waals surface area contributed by atoms with Gasteiger partial charge in [0.05, 0.1) is 11.9 Å². The van der Waals surface area contributed by atoms with Gasteiger partial charge < -0.3 is 14.8 Å². The fourth-order valence-electron chi connectivity index (χ4n) is 3.22. The van der Waals surface area contributed by atoms with Gasteiger partial charge in [-0.1, -0.05) is 12.1 Å². The zero-order chi connectivity index (χ0) is 19.0. The Morgan fingerprint density at radius 2 is 2.07 bits per heavy atom. The molecular formula is C19H18FN5O2. The summed E-state index contributed by atoms with van der Waals surface area (Å²) >= 11 is 0. The van der Waals surface area contributed by atoms with E-state index >= 15 is 0 Å². The van der Waals surface area contributed by atoms with Gasteiger partial charge in [-0.15, -0.1) is 0 Å². The van der Waals surface area contributed by atoms with Crippen LogP contribution < -0.4 is 5.32 Å². The van der Waals surface area contributed by atoms with E-state index in [2.05, 4.69) is 15.3 Å². The van der Waals surface area contributed by atoms with E-state index in [4.69, 9.17) is 0 Å². The fraction of sp³-hybridized carbons (Fsp3) is 0.263. The van der Waals surface area contributed by atoms with E-state index in [1.807, 2.05) is 7.05 Å². The molecule has 0 aliphatic carbocycles. The molecule has 0 saturated carbocycles. The second-order valence-corrected chi connectivity index (χ2v) is 6.62. The van der Waals surface area contributed by atoms with Crippen molar-refractivity contribution in [3.63, 3.8) is 0 Å². The quantitative estimate of drug-likeness (QED) is 0.760. The molecule has 1 aromatic carbocycles. The summed E-state index contributed by atoms with van der Waals surface area (Å²) in [6.07, 6.45) is 3.65. The number of rotatable bonds is 4. The van der Waals surface area contributed by atoms with Crippen LogP contribution in [-0.2, 0) is 18.4 Å². The first-order valence-corrected chi connectivity index (χ1v) is 8.62. The Balaban J connectivity index is 1.42. The maximum Gasteiger partial charge on any atom is 0.253 e. The number of carbonyl (C=O) groups excluding carboxylic acids is 2. The predicted octanol–water partition coefficient (Wildman–Crippen LogP) is 1.64. The van der Waals surface area contributed by atoms with E-state index in [9.17, 15) is 14.0 Å². The Morgan fingerprint density at radius 1 is 1.30 bits per heavy atom. The van der Waals surface area contributed by atoms with Crippen molar-refractivity contribution in [2.24, 2.45) is 7.05 Å². The molecule has 1 atom stereocenters. The fourth-order valence-corrected chi connectivity index (χ4v) is 3.22. The van der Waals surface area contributed by atoms with Crippen LogP contribution in [0.15, 0.2) is 42.9 Å². The second kappa shape index (κ2) is 6.79. The summed E-state index contributed by atoms with van der Waals surface area (Å²) in [5.41, 5.74) is 2.53. The first-order valence-electron chi connectivity index (χ1n) is 8.62. The van der Waals surface area contributed by atoms with E-state index in [-0.39, 0.29) is 17.6 Å². The smallest absolute Gasteiger partial charge is 0.253 e. The maximum absolute atomic E-state index is 13.0. The summed E-state index contributed by atoms with van der Waals surface area (Å²) in [6.45, 7) is 0.936. The second-order valence-electron chi connectivity index (χ2n) is 6.62. The molecule has 27 heavy (non-hydrogen) atoms. The Hall–Kier alpha value is -3.29. The highest BCUT2D eigenvalue weighted by atomic mass is 19.1. The van der Waals surface area contributed by atoms with Crippen molar-refractivity contribution < 1.29 is 14.0 Å². The van der Waals surface area contributed by atoms with Crippen molar-refractivity contribution in [1.29, 1.82) is 0 Å². The number of benzene rings is 1. The molecule has 3 heterocycles. The molecule has 0 radical (unpaired) electrons.